The second-order valence-electron chi connectivity index (χ2n) is 10.9. The topological polar surface area (TPSA) is 20.2 Å². The molecular formula is C28H44O. The third kappa shape index (κ3) is 4.98. The number of rotatable bonds is 6. The van der Waals surface area contributed by atoms with Gasteiger partial charge in [-0.15, -0.1) is 0 Å². The predicted octanol–water partition coefficient (Wildman–Crippen LogP) is 7.64. The minimum atomic E-state index is -0.152. The van der Waals surface area contributed by atoms with Crippen molar-refractivity contribution in [2.45, 2.75) is 92.6 Å². The standard InChI is InChI=1S/C28H44O/c1-19(2)20(3)9-10-22(5)26-15-16-27-23(8-7-17-28(26,27)6)12-13-24-18-25(29)14-11-21(24)4/h8-10,12-13,19-20,22,25-27,29H,7,11,14-18H2,1-6H3/b10-9+,13-12+/t20-,22-,25+,26-,27-,28+/m1/s1. The molecule has 3 aliphatic rings. The van der Waals surface area contributed by atoms with Gasteiger partial charge in [0.25, 0.3) is 0 Å². The largest absolute Gasteiger partial charge is 0.393 e. The van der Waals surface area contributed by atoms with Crippen molar-refractivity contribution in [3.05, 3.63) is 47.1 Å². The smallest absolute Gasteiger partial charge is 0.0583 e. The van der Waals surface area contributed by atoms with Crippen molar-refractivity contribution >= 4 is 0 Å². The van der Waals surface area contributed by atoms with Gasteiger partial charge in [0.1, 0.15) is 0 Å². The highest BCUT2D eigenvalue weighted by molar-refractivity contribution is 5.36. The van der Waals surface area contributed by atoms with Crippen molar-refractivity contribution in [1.29, 1.82) is 0 Å². The molecule has 0 aromatic carbocycles. The molecule has 0 saturated heterocycles. The van der Waals surface area contributed by atoms with Crippen molar-refractivity contribution < 1.29 is 5.11 Å². The molecule has 1 N–H and O–H groups in total. The van der Waals surface area contributed by atoms with Crippen LogP contribution in [0.3, 0.4) is 0 Å². The van der Waals surface area contributed by atoms with Gasteiger partial charge in [0.05, 0.1) is 6.10 Å². The molecule has 0 bridgehead atoms. The van der Waals surface area contributed by atoms with Crippen molar-refractivity contribution in [3.8, 4) is 0 Å². The average Bonchev–Trinajstić information content (AvgIpc) is 3.04. The zero-order chi connectivity index (χ0) is 21.2. The highest BCUT2D eigenvalue weighted by atomic mass is 16.3. The Balaban J connectivity index is 1.73. The van der Waals surface area contributed by atoms with Gasteiger partial charge >= 0.3 is 0 Å². The van der Waals surface area contributed by atoms with Gasteiger partial charge in [0.2, 0.25) is 0 Å². The average molecular weight is 397 g/mol. The number of aliphatic hydroxyl groups excluding tert-OH is 1. The minimum Gasteiger partial charge on any atom is -0.393 e. The molecule has 0 amide bonds. The Morgan fingerprint density at radius 3 is 2.55 bits per heavy atom. The van der Waals surface area contributed by atoms with Gasteiger partial charge in [-0.1, -0.05) is 70.6 Å². The molecular weight excluding hydrogens is 352 g/mol. The quantitative estimate of drug-likeness (QED) is 0.457. The third-order valence-electron chi connectivity index (χ3n) is 8.61. The van der Waals surface area contributed by atoms with Gasteiger partial charge < -0.3 is 5.11 Å². The first-order valence-corrected chi connectivity index (χ1v) is 12.2. The Kier molecular flexibility index (Phi) is 7.31. The highest BCUT2D eigenvalue weighted by Crippen LogP contribution is 2.58. The van der Waals surface area contributed by atoms with Crippen LogP contribution in [0.4, 0.5) is 0 Å². The summed E-state index contributed by atoms with van der Waals surface area (Å²) in [5.74, 6) is 3.53. The van der Waals surface area contributed by atoms with Crippen LogP contribution in [0.25, 0.3) is 0 Å². The Hall–Kier alpha value is -1.08. The molecule has 0 spiro atoms. The van der Waals surface area contributed by atoms with Gasteiger partial charge in [0, 0.05) is 0 Å². The molecule has 1 fully saturated rings. The second-order valence-corrected chi connectivity index (χ2v) is 10.9. The van der Waals surface area contributed by atoms with Crippen LogP contribution in [-0.2, 0) is 0 Å². The molecule has 0 aromatic heterocycles. The number of fused-ring (bicyclic) bond motifs is 1. The minimum absolute atomic E-state index is 0.152. The van der Waals surface area contributed by atoms with Gasteiger partial charge in [-0.3, -0.25) is 0 Å². The fourth-order valence-electron chi connectivity index (χ4n) is 6.10. The normalized spacial score (nSPS) is 35.4. The number of aliphatic hydroxyl groups is 1. The summed E-state index contributed by atoms with van der Waals surface area (Å²) in [4.78, 5) is 0. The molecule has 0 aliphatic heterocycles. The molecule has 6 atom stereocenters. The zero-order valence-corrected chi connectivity index (χ0v) is 19.7. The lowest BCUT2D eigenvalue weighted by Crippen LogP contribution is -2.34. The van der Waals surface area contributed by atoms with Gasteiger partial charge in [0.15, 0.2) is 0 Å². The molecule has 162 valence electrons. The maximum atomic E-state index is 10.1. The van der Waals surface area contributed by atoms with E-state index in [1.165, 1.54) is 36.8 Å². The van der Waals surface area contributed by atoms with E-state index in [0.717, 1.165) is 31.1 Å². The maximum Gasteiger partial charge on any atom is 0.0583 e. The second kappa shape index (κ2) is 9.38. The van der Waals surface area contributed by atoms with Crippen LogP contribution in [0, 0.1) is 35.0 Å². The first kappa shape index (κ1) is 22.6. The van der Waals surface area contributed by atoms with Crippen LogP contribution in [0.5, 0.6) is 0 Å². The van der Waals surface area contributed by atoms with Crippen molar-refractivity contribution in [3.63, 3.8) is 0 Å². The Bertz CT molecular complexity index is 691. The van der Waals surface area contributed by atoms with Crippen LogP contribution in [-0.4, -0.2) is 11.2 Å². The lowest BCUT2D eigenvalue weighted by atomic mass is 9.62. The summed E-state index contributed by atoms with van der Waals surface area (Å²) in [6.07, 6.45) is 20.1. The molecule has 1 nitrogen and oxygen atoms in total. The monoisotopic (exact) mass is 396 g/mol. The number of hydrogen-bond donors (Lipinski definition) is 1. The zero-order valence-electron chi connectivity index (χ0n) is 19.7. The van der Waals surface area contributed by atoms with E-state index in [2.05, 4.69) is 71.9 Å². The van der Waals surface area contributed by atoms with Crippen molar-refractivity contribution in [2.24, 2.45) is 35.0 Å². The molecule has 3 aliphatic carbocycles. The summed E-state index contributed by atoms with van der Waals surface area (Å²) in [6.45, 7) is 14.2. The lowest BCUT2D eigenvalue weighted by Gasteiger charge is -2.42. The van der Waals surface area contributed by atoms with Crippen molar-refractivity contribution in [1.82, 2.24) is 0 Å². The first-order chi connectivity index (χ1) is 13.7. The van der Waals surface area contributed by atoms with E-state index in [1.54, 1.807) is 5.57 Å². The summed E-state index contributed by atoms with van der Waals surface area (Å²) in [6, 6.07) is 0. The van der Waals surface area contributed by atoms with Gasteiger partial charge in [-0.25, -0.2) is 0 Å². The summed E-state index contributed by atoms with van der Waals surface area (Å²) < 4.78 is 0. The Labute approximate surface area is 180 Å². The predicted molar refractivity (Wildman–Crippen MR) is 126 cm³/mol. The molecule has 1 saturated carbocycles. The Morgan fingerprint density at radius 2 is 1.83 bits per heavy atom. The van der Waals surface area contributed by atoms with E-state index in [1.807, 2.05) is 0 Å². The SMILES string of the molecule is CC1=C(/C=C/C2=CCC[C@]3(C)[C@@H]2CC[C@@H]3[C@H](C)/C=C/[C@@H](C)C(C)C)C[C@@H](O)CC1. The first-order valence-electron chi connectivity index (χ1n) is 12.2. The van der Waals surface area contributed by atoms with Crippen LogP contribution >= 0.6 is 0 Å². The summed E-state index contributed by atoms with van der Waals surface area (Å²) >= 11 is 0. The molecule has 3 rings (SSSR count). The fraction of sp³-hybridized carbons (Fsp3) is 0.714. The van der Waals surface area contributed by atoms with E-state index in [-0.39, 0.29) is 6.10 Å². The molecule has 29 heavy (non-hydrogen) atoms. The van der Waals surface area contributed by atoms with E-state index >= 15 is 0 Å². The van der Waals surface area contributed by atoms with Crippen LogP contribution in [0.1, 0.15) is 86.5 Å². The molecule has 0 heterocycles. The summed E-state index contributed by atoms with van der Waals surface area (Å²) in [5.41, 5.74) is 4.82. The Morgan fingerprint density at radius 1 is 1.07 bits per heavy atom. The fourth-order valence-corrected chi connectivity index (χ4v) is 6.10. The van der Waals surface area contributed by atoms with Crippen molar-refractivity contribution in [2.75, 3.05) is 0 Å². The van der Waals surface area contributed by atoms with E-state index in [4.69, 9.17) is 0 Å². The molecule has 0 aromatic rings. The maximum absolute atomic E-state index is 10.1. The number of allylic oxidation sites excluding steroid dienone is 7. The highest BCUT2D eigenvalue weighted by Gasteiger charge is 2.49. The third-order valence-corrected chi connectivity index (χ3v) is 8.61. The van der Waals surface area contributed by atoms with E-state index in [9.17, 15) is 5.11 Å². The summed E-state index contributed by atoms with van der Waals surface area (Å²) in [7, 11) is 0. The van der Waals surface area contributed by atoms with Crippen LogP contribution in [0.15, 0.2) is 47.1 Å². The van der Waals surface area contributed by atoms with Crippen LogP contribution in [0.2, 0.25) is 0 Å². The number of hydrogen-bond acceptors (Lipinski definition) is 1. The lowest BCUT2D eigenvalue weighted by molar-refractivity contribution is 0.129. The van der Waals surface area contributed by atoms with E-state index < -0.39 is 0 Å². The van der Waals surface area contributed by atoms with Gasteiger partial charge in [-0.05, 0) is 98.0 Å². The molecule has 0 unspecified atom stereocenters. The summed E-state index contributed by atoms with van der Waals surface area (Å²) in [5, 5.41) is 10.1. The van der Waals surface area contributed by atoms with E-state index in [0.29, 0.717) is 23.2 Å². The molecule has 1 heteroatoms. The molecule has 0 radical (unpaired) electrons. The van der Waals surface area contributed by atoms with Gasteiger partial charge in [-0.2, -0.15) is 0 Å². The van der Waals surface area contributed by atoms with Crippen LogP contribution < -0.4 is 0 Å².